The van der Waals surface area contributed by atoms with Crippen LogP contribution in [0.3, 0.4) is 0 Å². The molecule has 34 heavy (non-hydrogen) atoms. The van der Waals surface area contributed by atoms with Crippen LogP contribution in [0.4, 0.5) is 0 Å². The molecule has 0 bridgehead atoms. The maximum atomic E-state index is 10.7. The summed E-state index contributed by atoms with van der Waals surface area (Å²) in [4.78, 5) is 0. The van der Waals surface area contributed by atoms with Gasteiger partial charge in [0.1, 0.15) is 11.5 Å². The zero-order valence-electron chi connectivity index (χ0n) is 23.1. The van der Waals surface area contributed by atoms with Gasteiger partial charge in [0.05, 0.1) is 6.10 Å². The molecule has 1 aliphatic rings. The third-order valence-corrected chi connectivity index (χ3v) is 7.76. The van der Waals surface area contributed by atoms with Crippen molar-refractivity contribution in [2.45, 2.75) is 163 Å². The van der Waals surface area contributed by atoms with Crippen molar-refractivity contribution in [1.82, 2.24) is 0 Å². The molecule has 1 aliphatic heterocycles. The van der Waals surface area contributed by atoms with E-state index in [0.717, 1.165) is 47.3 Å². The van der Waals surface area contributed by atoms with Crippen molar-refractivity contribution in [3.05, 3.63) is 22.3 Å². The van der Waals surface area contributed by atoms with Gasteiger partial charge in [0.2, 0.25) is 6.29 Å². The van der Waals surface area contributed by atoms with Crippen molar-refractivity contribution in [3.8, 4) is 11.5 Å². The van der Waals surface area contributed by atoms with E-state index in [0.29, 0.717) is 5.75 Å². The molecule has 0 amide bonds. The van der Waals surface area contributed by atoms with E-state index in [1.807, 2.05) is 13.8 Å². The maximum Gasteiger partial charge on any atom is 0.200 e. The first-order valence-electron chi connectivity index (χ1n) is 14.7. The summed E-state index contributed by atoms with van der Waals surface area (Å²) in [6.45, 7) is 10.6. The number of phenolic OH excluding ortho intramolecular Hbond substituents is 1. The number of benzene rings is 1. The Hall–Kier alpha value is -1.22. The zero-order valence-corrected chi connectivity index (χ0v) is 23.1. The molecule has 0 fully saturated rings. The minimum absolute atomic E-state index is 0.0353. The first-order valence-corrected chi connectivity index (χ1v) is 14.7. The summed E-state index contributed by atoms with van der Waals surface area (Å²) in [6.07, 6.45) is 22.9. The molecule has 0 saturated carbocycles. The third kappa shape index (κ3) is 9.10. The van der Waals surface area contributed by atoms with Crippen molar-refractivity contribution in [3.63, 3.8) is 0 Å². The number of ether oxygens (including phenoxy) is 2. The Kier molecular flexibility index (Phi) is 14.0. The Morgan fingerprint density at radius 3 is 1.59 bits per heavy atom. The highest BCUT2D eigenvalue weighted by molar-refractivity contribution is 5.58. The zero-order chi connectivity index (χ0) is 24.8. The van der Waals surface area contributed by atoms with Crippen LogP contribution in [0.1, 0.15) is 158 Å². The lowest BCUT2D eigenvalue weighted by Crippen LogP contribution is -2.30. The van der Waals surface area contributed by atoms with E-state index in [9.17, 15) is 5.11 Å². The van der Waals surface area contributed by atoms with Crippen molar-refractivity contribution in [1.29, 1.82) is 0 Å². The lowest BCUT2D eigenvalue weighted by Gasteiger charge is -2.36. The monoisotopic (exact) mass is 474 g/mol. The van der Waals surface area contributed by atoms with E-state index in [2.05, 4.69) is 20.8 Å². The van der Waals surface area contributed by atoms with E-state index < -0.39 is 0 Å². The van der Waals surface area contributed by atoms with Gasteiger partial charge < -0.3 is 14.6 Å². The second-order valence-corrected chi connectivity index (χ2v) is 10.7. The number of hydrogen-bond acceptors (Lipinski definition) is 3. The van der Waals surface area contributed by atoms with Crippen molar-refractivity contribution in [2.24, 2.45) is 0 Å². The van der Waals surface area contributed by atoms with Crippen molar-refractivity contribution < 1.29 is 14.6 Å². The van der Waals surface area contributed by atoms with E-state index in [4.69, 9.17) is 9.47 Å². The predicted molar refractivity (Wildman–Crippen MR) is 145 cm³/mol. The fraction of sp³-hybridized carbons (Fsp3) is 0.806. The standard InChI is InChI=1S/C31H54O3/c1-6-8-10-12-14-16-18-20-22-27-29-26(5)30(32)24(3)25(4)31(29)34-28(33-27)23-21-19-17-15-13-11-9-7-2/h27-28,32H,6-23H2,1-5H3. The number of unbranched alkanes of at least 4 members (excludes halogenated alkanes) is 14. The van der Waals surface area contributed by atoms with Gasteiger partial charge >= 0.3 is 0 Å². The lowest BCUT2D eigenvalue weighted by molar-refractivity contribution is -0.147. The molecule has 3 nitrogen and oxygen atoms in total. The molecule has 196 valence electrons. The smallest absolute Gasteiger partial charge is 0.200 e. The van der Waals surface area contributed by atoms with Gasteiger partial charge in [-0.1, -0.05) is 110 Å². The van der Waals surface area contributed by atoms with Crippen molar-refractivity contribution >= 4 is 0 Å². The lowest BCUT2D eigenvalue weighted by atomic mass is 9.91. The number of rotatable bonds is 18. The van der Waals surface area contributed by atoms with Crippen LogP contribution in [-0.2, 0) is 4.74 Å². The average Bonchev–Trinajstić information content (AvgIpc) is 2.84. The Balaban J connectivity index is 1.90. The van der Waals surface area contributed by atoms with Crippen LogP contribution in [0.2, 0.25) is 0 Å². The topological polar surface area (TPSA) is 38.7 Å². The summed E-state index contributed by atoms with van der Waals surface area (Å²) >= 11 is 0. The molecule has 3 heteroatoms. The van der Waals surface area contributed by atoms with Crippen molar-refractivity contribution in [2.75, 3.05) is 0 Å². The molecular weight excluding hydrogens is 420 g/mol. The summed E-state index contributed by atoms with van der Waals surface area (Å²) in [5, 5.41) is 10.7. The largest absolute Gasteiger partial charge is 0.507 e. The fourth-order valence-corrected chi connectivity index (χ4v) is 5.33. The number of aromatic hydroxyl groups is 1. The van der Waals surface area contributed by atoms with Gasteiger partial charge in [-0.3, -0.25) is 0 Å². The second-order valence-electron chi connectivity index (χ2n) is 10.7. The molecule has 0 spiro atoms. The van der Waals surface area contributed by atoms with Gasteiger partial charge in [0, 0.05) is 17.5 Å². The number of fused-ring (bicyclic) bond motifs is 1. The van der Waals surface area contributed by atoms with Crippen LogP contribution in [0.15, 0.2) is 0 Å². The minimum Gasteiger partial charge on any atom is -0.507 e. The van der Waals surface area contributed by atoms with Gasteiger partial charge in [-0.2, -0.15) is 0 Å². The Morgan fingerprint density at radius 1 is 0.588 bits per heavy atom. The molecule has 1 aromatic carbocycles. The Labute approximate surface area is 211 Å². The van der Waals surface area contributed by atoms with Gasteiger partial charge in [0.15, 0.2) is 0 Å². The maximum absolute atomic E-state index is 10.7. The Morgan fingerprint density at radius 2 is 1.06 bits per heavy atom. The van der Waals surface area contributed by atoms with Crippen LogP contribution >= 0.6 is 0 Å². The van der Waals surface area contributed by atoms with Crippen LogP contribution < -0.4 is 4.74 Å². The van der Waals surface area contributed by atoms with Crippen LogP contribution in [0.5, 0.6) is 11.5 Å². The summed E-state index contributed by atoms with van der Waals surface area (Å²) < 4.78 is 12.9. The fourth-order valence-electron chi connectivity index (χ4n) is 5.33. The molecule has 0 radical (unpaired) electrons. The first kappa shape index (κ1) is 29.0. The van der Waals surface area contributed by atoms with E-state index >= 15 is 0 Å². The summed E-state index contributed by atoms with van der Waals surface area (Å²) in [7, 11) is 0. The van der Waals surface area contributed by atoms with Crippen LogP contribution in [-0.4, -0.2) is 11.4 Å². The third-order valence-electron chi connectivity index (χ3n) is 7.76. The highest BCUT2D eigenvalue weighted by Crippen LogP contribution is 2.47. The molecular formula is C31H54O3. The van der Waals surface area contributed by atoms with Gasteiger partial charge in [0.25, 0.3) is 0 Å². The molecule has 0 saturated heterocycles. The molecule has 0 aromatic heterocycles. The Bertz CT molecular complexity index is 697. The SMILES string of the molecule is CCCCCCCCCCC1Oc2c(C)c(C)c(O)c(C)c2C(CCCCCCCCCC)O1. The molecule has 1 heterocycles. The minimum atomic E-state index is -0.159. The molecule has 1 aromatic rings. The number of hydrogen-bond donors (Lipinski definition) is 1. The van der Waals surface area contributed by atoms with E-state index in [1.165, 1.54) is 96.3 Å². The summed E-state index contributed by atoms with van der Waals surface area (Å²) in [6, 6.07) is 0. The van der Waals surface area contributed by atoms with Gasteiger partial charge in [-0.25, -0.2) is 0 Å². The predicted octanol–water partition coefficient (Wildman–Crippen LogP) is 10.2. The molecule has 1 N–H and O–H groups in total. The molecule has 0 aliphatic carbocycles. The quantitative estimate of drug-likeness (QED) is 0.215. The summed E-state index contributed by atoms with van der Waals surface area (Å²) in [5.41, 5.74) is 4.04. The highest BCUT2D eigenvalue weighted by Gasteiger charge is 2.33. The molecule has 2 unspecified atom stereocenters. The normalized spacial score (nSPS) is 17.6. The van der Waals surface area contributed by atoms with Gasteiger partial charge in [-0.15, -0.1) is 0 Å². The van der Waals surface area contributed by atoms with Gasteiger partial charge in [-0.05, 0) is 44.7 Å². The first-order chi connectivity index (χ1) is 16.5. The second kappa shape index (κ2) is 16.5. The molecule has 2 rings (SSSR count). The van der Waals surface area contributed by atoms with Crippen LogP contribution in [0.25, 0.3) is 0 Å². The summed E-state index contributed by atoms with van der Waals surface area (Å²) in [5.74, 6) is 1.39. The average molecular weight is 475 g/mol. The highest BCUT2D eigenvalue weighted by atomic mass is 16.7. The van der Waals surface area contributed by atoms with E-state index in [1.54, 1.807) is 0 Å². The van der Waals surface area contributed by atoms with Crippen LogP contribution in [0, 0.1) is 20.8 Å². The molecule has 2 atom stereocenters. The number of phenols is 1. The van der Waals surface area contributed by atoms with E-state index in [-0.39, 0.29) is 12.4 Å².